The monoisotopic (exact) mass is 693 g/mol. The number of benzene rings is 4. The van der Waals surface area contributed by atoms with E-state index in [-0.39, 0.29) is 23.4 Å². The van der Waals surface area contributed by atoms with Gasteiger partial charge in [-0.2, -0.15) is 0 Å². The second-order valence-corrected chi connectivity index (χ2v) is 15.4. The van der Waals surface area contributed by atoms with Gasteiger partial charge in [-0.15, -0.1) is 0 Å². The highest BCUT2D eigenvalue weighted by molar-refractivity contribution is 7.91. The number of carbonyl (C=O) groups excluding carboxylic acids is 2. The molecule has 1 N–H and O–H groups in total. The first-order valence-corrected chi connectivity index (χ1v) is 19.6. The van der Waals surface area contributed by atoms with Gasteiger partial charge in [-0.1, -0.05) is 152 Å². The Kier molecular flexibility index (Phi) is 24.0. The highest BCUT2D eigenvalue weighted by Crippen LogP contribution is 2.09. The molecule has 0 aliphatic rings. The minimum absolute atomic E-state index is 0.0326. The van der Waals surface area contributed by atoms with Crippen molar-refractivity contribution in [2.75, 3.05) is 17.3 Å². The molecule has 0 aromatic heterocycles. The van der Waals surface area contributed by atoms with Crippen LogP contribution in [-0.2, 0) is 31.9 Å². The van der Waals surface area contributed by atoms with E-state index in [0.717, 1.165) is 11.3 Å². The van der Waals surface area contributed by atoms with Crippen molar-refractivity contribution in [3.8, 4) is 0 Å². The topological polar surface area (TPSA) is 97.4 Å². The van der Waals surface area contributed by atoms with E-state index in [9.17, 15) is 22.2 Å². The first-order chi connectivity index (χ1) is 22.8. The zero-order chi connectivity index (χ0) is 36.4. The Morgan fingerprint density at radius 3 is 1.48 bits per heavy atom. The highest BCUT2D eigenvalue weighted by atomic mass is 32.2. The normalized spacial score (nSPS) is 10.7. The van der Waals surface area contributed by atoms with Gasteiger partial charge >= 0.3 is 0 Å². The fraction of sp³-hybridized carbons (Fsp3) is 0.350. The molecule has 1 unspecified atom stereocenters. The summed E-state index contributed by atoms with van der Waals surface area (Å²) in [7, 11) is -3.62. The maximum atomic E-state index is 11.2. The van der Waals surface area contributed by atoms with E-state index in [4.69, 9.17) is 0 Å². The summed E-state index contributed by atoms with van der Waals surface area (Å²) in [4.78, 5) is 22.6. The summed E-state index contributed by atoms with van der Waals surface area (Å²) < 4.78 is 32.7. The van der Waals surface area contributed by atoms with Gasteiger partial charge in [-0.25, -0.2) is 8.42 Å². The molecule has 4 aromatic carbocycles. The van der Waals surface area contributed by atoms with Gasteiger partial charge in [0.1, 0.15) is 0 Å². The van der Waals surface area contributed by atoms with Crippen molar-refractivity contribution in [2.45, 2.75) is 77.9 Å². The zero-order valence-electron chi connectivity index (χ0n) is 29.9. The van der Waals surface area contributed by atoms with Crippen molar-refractivity contribution in [2.24, 2.45) is 5.92 Å². The predicted molar refractivity (Wildman–Crippen MR) is 205 cm³/mol. The lowest BCUT2D eigenvalue weighted by molar-refractivity contribution is -0.118. The molecule has 0 saturated heterocycles. The number of anilines is 1. The van der Waals surface area contributed by atoms with Crippen LogP contribution in [0.5, 0.6) is 0 Å². The molecular weight excluding hydrogens is 639 g/mol. The van der Waals surface area contributed by atoms with Crippen LogP contribution in [0, 0.1) is 5.92 Å². The second-order valence-electron chi connectivity index (χ2n) is 11.2. The van der Waals surface area contributed by atoms with Crippen LogP contribution in [0.4, 0.5) is 5.69 Å². The number of hydrogen-bond acceptors (Lipinski definition) is 5. The standard InChI is InChI=1S/C10H13NO.C9H10O.C9H12.C8H10O2S.C4H10OS/c1-8(2)10(12)11-9-6-4-3-5-7-9;1-2-9(10)8-6-4-3-5-7-8;1-2-6-9-7-4-3-5-8-9;1-2-11(9,10)8-6-4-3-5-7-8;1-4(2)6(3)5/h3-8H,1-2H3,(H,11,12);3-7H,2H2,1H3;3-5,7-8H,2,6H2,1H3;3-7H,2H2,1H3;4H,1-3H3. The average Bonchev–Trinajstić information content (AvgIpc) is 3.11. The smallest absolute Gasteiger partial charge is 0.226 e. The van der Waals surface area contributed by atoms with Gasteiger partial charge in [0.05, 0.1) is 10.6 Å². The third-order valence-electron chi connectivity index (χ3n) is 6.51. The molecule has 1 amide bonds. The number of amides is 1. The number of sulfone groups is 1. The Bertz CT molecular complexity index is 1530. The van der Waals surface area contributed by atoms with Crippen molar-refractivity contribution in [3.05, 3.63) is 132 Å². The van der Waals surface area contributed by atoms with Crippen LogP contribution in [0.2, 0.25) is 0 Å². The Morgan fingerprint density at radius 2 is 1.10 bits per heavy atom. The van der Waals surface area contributed by atoms with Gasteiger partial charge in [0.15, 0.2) is 15.6 Å². The van der Waals surface area contributed by atoms with Gasteiger partial charge < -0.3 is 5.32 Å². The lowest BCUT2D eigenvalue weighted by Gasteiger charge is -2.06. The summed E-state index contributed by atoms with van der Waals surface area (Å²) in [6, 6.07) is 37.9. The number of rotatable bonds is 9. The Balaban J connectivity index is 0.000000584. The van der Waals surface area contributed by atoms with E-state index >= 15 is 0 Å². The first kappa shape index (κ1) is 44.1. The number of nitrogens with one attached hydrogen (secondary N) is 1. The van der Waals surface area contributed by atoms with Gasteiger partial charge in [0, 0.05) is 45.9 Å². The van der Waals surface area contributed by atoms with Crippen molar-refractivity contribution in [1.82, 2.24) is 0 Å². The van der Waals surface area contributed by atoms with Crippen LogP contribution < -0.4 is 5.32 Å². The molecular formula is C40H55NO5S2. The summed E-state index contributed by atoms with van der Waals surface area (Å²) in [6.07, 6.45) is 4.75. The van der Waals surface area contributed by atoms with Crippen LogP contribution in [0.25, 0.3) is 0 Å². The molecule has 0 saturated carbocycles. The van der Waals surface area contributed by atoms with E-state index in [2.05, 4.69) is 42.6 Å². The maximum Gasteiger partial charge on any atom is 0.226 e. The zero-order valence-corrected chi connectivity index (χ0v) is 31.5. The molecule has 0 spiro atoms. The minimum Gasteiger partial charge on any atom is -0.326 e. The van der Waals surface area contributed by atoms with Crippen LogP contribution >= 0.6 is 0 Å². The molecule has 1 atom stereocenters. The average molecular weight is 694 g/mol. The molecule has 6 nitrogen and oxygen atoms in total. The van der Waals surface area contributed by atoms with Crippen molar-refractivity contribution in [1.29, 1.82) is 0 Å². The van der Waals surface area contributed by atoms with E-state index < -0.39 is 20.6 Å². The Morgan fingerprint density at radius 1 is 0.688 bits per heavy atom. The Labute approximate surface area is 292 Å². The number of aryl methyl sites for hydroxylation is 1. The molecule has 48 heavy (non-hydrogen) atoms. The van der Waals surface area contributed by atoms with E-state index in [1.54, 1.807) is 43.5 Å². The molecule has 0 aliphatic heterocycles. The first-order valence-electron chi connectivity index (χ1n) is 16.4. The minimum atomic E-state index is -3.00. The lowest BCUT2D eigenvalue weighted by atomic mass is 10.1. The molecule has 0 heterocycles. The number of Topliss-reactive ketones (excluding diaryl/α,β-unsaturated/α-hetero) is 1. The second kappa shape index (κ2) is 26.1. The predicted octanol–water partition coefficient (Wildman–Crippen LogP) is 9.45. The van der Waals surface area contributed by atoms with E-state index in [0.29, 0.717) is 16.6 Å². The molecule has 0 aliphatic carbocycles. The third-order valence-corrected chi connectivity index (χ3v) is 9.59. The molecule has 0 radical (unpaired) electrons. The van der Waals surface area contributed by atoms with Gasteiger partial charge in [0.25, 0.3) is 0 Å². The summed E-state index contributed by atoms with van der Waals surface area (Å²) in [6.45, 7) is 13.3. The molecule has 262 valence electrons. The van der Waals surface area contributed by atoms with Crippen molar-refractivity contribution in [3.63, 3.8) is 0 Å². The number of para-hydroxylation sites is 1. The van der Waals surface area contributed by atoms with Gasteiger partial charge in [0.2, 0.25) is 5.91 Å². The van der Waals surface area contributed by atoms with Crippen LogP contribution in [0.1, 0.15) is 77.2 Å². The quantitative estimate of drug-likeness (QED) is 0.176. The Hall–Kier alpha value is -3.88. The number of ketones is 1. The molecule has 8 heteroatoms. The van der Waals surface area contributed by atoms with Crippen LogP contribution in [0.15, 0.2) is 126 Å². The SMILES string of the molecule is CC(C)C(=O)Nc1ccccc1.CC(C)S(C)=O.CCC(=O)c1ccccc1.CCCc1ccccc1.CCS(=O)(=O)c1ccccc1. The van der Waals surface area contributed by atoms with E-state index in [1.807, 2.05) is 95.3 Å². The summed E-state index contributed by atoms with van der Waals surface area (Å²) >= 11 is 0. The van der Waals surface area contributed by atoms with Crippen LogP contribution in [0.3, 0.4) is 0 Å². The molecule has 4 rings (SSSR count). The largest absolute Gasteiger partial charge is 0.326 e. The van der Waals surface area contributed by atoms with Crippen molar-refractivity contribution < 1.29 is 22.2 Å². The summed E-state index contributed by atoms with van der Waals surface area (Å²) in [5, 5.41) is 3.13. The summed E-state index contributed by atoms with van der Waals surface area (Å²) in [5.41, 5.74) is 3.11. The highest BCUT2D eigenvalue weighted by Gasteiger charge is 2.09. The third kappa shape index (κ3) is 21.1. The fourth-order valence-electron chi connectivity index (χ4n) is 3.36. The maximum absolute atomic E-state index is 11.2. The summed E-state index contributed by atoms with van der Waals surface area (Å²) in [5.74, 6) is 0.462. The van der Waals surface area contributed by atoms with Crippen LogP contribution in [-0.4, -0.2) is 41.6 Å². The van der Waals surface area contributed by atoms with Crippen molar-refractivity contribution >= 4 is 38.0 Å². The fourth-order valence-corrected chi connectivity index (χ4v) is 4.27. The number of hydrogen-bond donors (Lipinski definition) is 1. The van der Waals surface area contributed by atoms with E-state index in [1.165, 1.54) is 18.4 Å². The van der Waals surface area contributed by atoms with Gasteiger partial charge in [-0.05, 0) is 36.2 Å². The lowest BCUT2D eigenvalue weighted by Crippen LogP contribution is -2.17. The molecule has 4 aromatic rings. The van der Waals surface area contributed by atoms with Gasteiger partial charge in [-0.3, -0.25) is 13.8 Å². The molecule has 0 bridgehead atoms. The number of carbonyl (C=O) groups is 2. The molecule has 0 fully saturated rings.